The van der Waals surface area contributed by atoms with Crippen LogP contribution in [0.25, 0.3) is 0 Å². The monoisotopic (exact) mass is 300 g/mol. The number of rotatable bonds is 1. The van der Waals surface area contributed by atoms with Crippen molar-refractivity contribution in [1.82, 2.24) is 10.6 Å². The minimum atomic E-state index is -0.877. The van der Waals surface area contributed by atoms with E-state index in [1.165, 1.54) is 31.2 Å². The second-order valence-electron chi connectivity index (χ2n) is 3.39. The average Bonchev–Trinajstić information content (AvgIpc) is 2.89. The molecule has 2 aliphatic heterocycles. The summed E-state index contributed by atoms with van der Waals surface area (Å²) in [6.07, 6.45) is 4.79. The summed E-state index contributed by atoms with van der Waals surface area (Å²) in [5, 5.41) is 11.4. The third kappa shape index (κ3) is 8.64. The zero-order valence-electron chi connectivity index (χ0n) is 10.3. The Morgan fingerprint density at radius 1 is 0.950 bits per heavy atom. The van der Waals surface area contributed by atoms with Crippen molar-refractivity contribution < 1.29 is 29.1 Å². The predicted octanol–water partition coefficient (Wildman–Crippen LogP) is -1.21. The number of hydrogen-bond acceptors (Lipinski definition) is 6. The number of imide groups is 2. The Balaban J connectivity index is 0.000000272. The fraction of sp³-hybridized carbons (Fsp3) is 0.182. The summed E-state index contributed by atoms with van der Waals surface area (Å²) in [5.41, 5.74) is 0. The van der Waals surface area contributed by atoms with Gasteiger partial charge in [-0.2, -0.15) is 12.6 Å². The molecule has 20 heavy (non-hydrogen) atoms. The molecule has 0 aromatic rings. The lowest BCUT2D eigenvalue weighted by atomic mass is 10.5. The van der Waals surface area contributed by atoms with Crippen LogP contribution in [0.5, 0.6) is 0 Å². The third-order valence-electron chi connectivity index (χ3n) is 1.62. The van der Waals surface area contributed by atoms with Crippen LogP contribution in [0.4, 0.5) is 0 Å². The molecular weight excluding hydrogens is 288 g/mol. The van der Waals surface area contributed by atoms with Crippen molar-refractivity contribution in [2.24, 2.45) is 0 Å². The van der Waals surface area contributed by atoms with Gasteiger partial charge in [0.1, 0.15) is 0 Å². The number of carboxylic acid groups (broad SMARTS) is 1. The molecule has 108 valence electrons. The first-order valence-corrected chi connectivity index (χ1v) is 5.71. The molecule has 3 N–H and O–H groups in total. The Morgan fingerprint density at radius 3 is 1.20 bits per heavy atom. The highest BCUT2D eigenvalue weighted by atomic mass is 32.1. The summed E-state index contributed by atoms with van der Waals surface area (Å²) in [7, 11) is 0. The second-order valence-corrected chi connectivity index (χ2v) is 4.16. The molecule has 0 fully saturated rings. The first-order chi connectivity index (χ1) is 9.22. The number of hydrogen-bond donors (Lipinski definition) is 4. The SMILES string of the molecule is CC(S)C(=O)O.O=C1C=CC(=O)N1.O=C1C=CC(=O)N1. The van der Waals surface area contributed by atoms with Crippen LogP contribution in [0.1, 0.15) is 6.92 Å². The highest BCUT2D eigenvalue weighted by molar-refractivity contribution is 7.81. The first kappa shape index (κ1) is 17.6. The van der Waals surface area contributed by atoms with Crippen molar-refractivity contribution in [3.8, 4) is 0 Å². The van der Waals surface area contributed by atoms with Crippen LogP contribution in [0.2, 0.25) is 0 Å². The van der Waals surface area contributed by atoms with Crippen molar-refractivity contribution in [3.05, 3.63) is 24.3 Å². The molecule has 0 spiro atoms. The summed E-state index contributed by atoms with van der Waals surface area (Å²) in [5.74, 6) is -2.19. The number of nitrogens with one attached hydrogen (secondary N) is 2. The van der Waals surface area contributed by atoms with E-state index in [1.54, 1.807) is 0 Å². The minimum Gasteiger partial charge on any atom is -0.480 e. The van der Waals surface area contributed by atoms with Gasteiger partial charge in [-0.25, -0.2) is 0 Å². The number of carbonyl (C=O) groups is 5. The molecule has 0 saturated carbocycles. The first-order valence-electron chi connectivity index (χ1n) is 5.19. The van der Waals surface area contributed by atoms with Gasteiger partial charge in [0.2, 0.25) is 0 Å². The average molecular weight is 300 g/mol. The van der Waals surface area contributed by atoms with Crippen molar-refractivity contribution in [2.75, 3.05) is 0 Å². The zero-order chi connectivity index (χ0) is 15.7. The molecule has 0 saturated heterocycles. The Hall–Kier alpha value is -2.42. The number of amides is 4. The Bertz CT molecular complexity index is 427. The number of carboxylic acids is 1. The van der Waals surface area contributed by atoms with E-state index < -0.39 is 11.2 Å². The lowest BCUT2D eigenvalue weighted by Crippen LogP contribution is -2.19. The van der Waals surface area contributed by atoms with Crippen LogP contribution in [-0.4, -0.2) is 40.0 Å². The molecule has 8 nitrogen and oxygen atoms in total. The van der Waals surface area contributed by atoms with E-state index in [0.29, 0.717) is 0 Å². The lowest BCUT2D eigenvalue weighted by Gasteiger charge is -1.88. The van der Waals surface area contributed by atoms with Crippen LogP contribution in [-0.2, 0) is 24.0 Å². The molecule has 0 radical (unpaired) electrons. The largest absolute Gasteiger partial charge is 0.480 e. The summed E-state index contributed by atoms with van der Waals surface area (Å²) < 4.78 is 0. The van der Waals surface area contributed by atoms with Gasteiger partial charge in [-0.3, -0.25) is 34.6 Å². The Labute approximate surface area is 119 Å². The fourth-order valence-corrected chi connectivity index (χ4v) is 0.712. The van der Waals surface area contributed by atoms with E-state index in [1.807, 2.05) is 10.6 Å². The summed E-state index contributed by atoms with van der Waals surface area (Å²) in [4.78, 5) is 49.8. The molecule has 1 unspecified atom stereocenters. The molecule has 9 heteroatoms. The zero-order valence-corrected chi connectivity index (χ0v) is 11.2. The highest BCUT2D eigenvalue weighted by Crippen LogP contribution is 1.88. The lowest BCUT2D eigenvalue weighted by molar-refractivity contribution is -0.136. The molecule has 2 heterocycles. The van der Waals surface area contributed by atoms with Gasteiger partial charge in [-0.05, 0) is 6.92 Å². The number of aliphatic carboxylic acids is 1. The van der Waals surface area contributed by atoms with Crippen LogP contribution < -0.4 is 10.6 Å². The minimum absolute atomic E-state index is 0.329. The van der Waals surface area contributed by atoms with Gasteiger partial charge in [0, 0.05) is 24.3 Å². The number of carbonyl (C=O) groups excluding carboxylic acids is 4. The topological polar surface area (TPSA) is 130 Å². The Kier molecular flexibility index (Phi) is 7.60. The van der Waals surface area contributed by atoms with Gasteiger partial charge in [0.25, 0.3) is 23.6 Å². The summed E-state index contributed by atoms with van der Waals surface area (Å²) in [6, 6.07) is 0. The van der Waals surface area contributed by atoms with Crippen LogP contribution in [0.3, 0.4) is 0 Å². The van der Waals surface area contributed by atoms with Crippen molar-refractivity contribution >= 4 is 42.2 Å². The molecule has 4 amide bonds. The standard InChI is InChI=1S/2C4H3NO2.C3H6O2S/c2*6-3-1-2-4(7)5-3;1-2(6)3(4)5/h2*1-2H,(H,5,6,7);2,6H,1H3,(H,4,5). The highest BCUT2D eigenvalue weighted by Gasteiger charge is 2.07. The number of thiol groups is 1. The van der Waals surface area contributed by atoms with Crippen molar-refractivity contribution in [3.63, 3.8) is 0 Å². The van der Waals surface area contributed by atoms with Gasteiger partial charge in [0.15, 0.2) is 0 Å². The van der Waals surface area contributed by atoms with Crippen molar-refractivity contribution in [1.29, 1.82) is 0 Å². The van der Waals surface area contributed by atoms with Crippen molar-refractivity contribution in [2.45, 2.75) is 12.2 Å². The van der Waals surface area contributed by atoms with E-state index in [4.69, 9.17) is 5.11 Å². The van der Waals surface area contributed by atoms with Crippen LogP contribution in [0, 0.1) is 0 Å². The van der Waals surface area contributed by atoms with Crippen LogP contribution in [0.15, 0.2) is 24.3 Å². The van der Waals surface area contributed by atoms with E-state index >= 15 is 0 Å². The normalized spacial score (nSPS) is 16.5. The van der Waals surface area contributed by atoms with Gasteiger partial charge >= 0.3 is 5.97 Å². The van der Waals surface area contributed by atoms with E-state index in [9.17, 15) is 24.0 Å². The fourth-order valence-electron chi connectivity index (χ4n) is 0.712. The Morgan fingerprint density at radius 2 is 1.15 bits per heavy atom. The molecule has 1 atom stereocenters. The maximum absolute atomic E-state index is 10.0. The molecule has 0 bridgehead atoms. The molecule has 0 aromatic heterocycles. The van der Waals surface area contributed by atoms with E-state index in [-0.39, 0.29) is 23.6 Å². The summed E-state index contributed by atoms with van der Waals surface area (Å²) in [6.45, 7) is 1.51. The van der Waals surface area contributed by atoms with Gasteiger partial charge in [0.05, 0.1) is 5.25 Å². The molecular formula is C11H12N2O6S. The molecule has 0 aromatic carbocycles. The molecule has 2 aliphatic rings. The van der Waals surface area contributed by atoms with Crippen LogP contribution >= 0.6 is 12.6 Å². The van der Waals surface area contributed by atoms with E-state index in [0.717, 1.165) is 0 Å². The quantitative estimate of drug-likeness (QED) is 0.355. The van der Waals surface area contributed by atoms with E-state index in [2.05, 4.69) is 12.6 Å². The van der Waals surface area contributed by atoms with Gasteiger partial charge < -0.3 is 5.11 Å². The van der Waals surface area contributed by atoms with Gasteiger partial charge in [-0.15, -0.1) is 0 Å². The van der Waals surface area contributed by atoms with Gasteiger partial charge in [-0.1, -0.05) is 0 Å². The second kappa shape index (κ2) is 8.64. The summed E-state index contributed by atoms with van der Waals surface area (Å²) >= 11 is 3.59. The maximum atomic E-state index is 10.0. The molecule has 0 aliphatic carbocycles. The molecule has 2 rings (SSSR count). The smallest absolute Gasteiger partial charge is 0.316 e. The third-order valence-corrected chi connectivity index (χ3v) is 1.84. The maximum Gasteiger partial charge on any atom is 0.316 e. The predicted molar refractivity (Wildman–Crippen MR) is 70.7 cm³/mol.